The Balaban J connectivity index is 1.98. The molecule has 1 heterocycles. The number of hydrogen-bond donors (Lipinski definition) is 0. The minimum atomic E-state index is 0.885. The fraction of sp³-hybridized carbons (Fsp3) is 0.167. The number of aryl methyl sites for hydroxylation is 2. The first-order valence-corrected chi connectivity index (χ1v) is 6.91. The third-order valence-corrected chi connectivity index (χ3v) is 4.04. The summed E-state index contributed by atoms with van der Waals surface area (Å²) in [5, 5.41) is 1.16. The van der Waals surface area contributed by atoms with E-state index in [1.807, 2.05) is 12.1 Å². The molecule has 1 aliphatic carbocycles. The lowest BCUT2D eigenvalue weighted by Crippen LogP contribution is -2.05. The SMILES string of the molecule is COc1ccc2nc3c(cc2c1)CCc1ccccc1-3. The van der Waals surface area contributed by atoms with Gasteiger partial charge in [0.15, 0.2) is 0 Å². The molecule has 0 saturated heterocycles. The van der Waals surface area contributed by atoms with Crippen molar-refractivity contribution >= 4 is 10.9 Å². The van der Waals surface area contributed by atoms with Crippen molar-refractivity contribution in [2.24, 2.45) is 0 Å². The second kappa shape index (κ2) is 4.34. The minimum absolute atomic E-state index is 0.885. The molecule has 0 aliphatic heterocycles. The third kappa shape index (κ3) is 1.68. The van der Waals surface area contributed by atoms with Gasteiger partial charge in [0.25, 0.3) is 0 Å². The number of nitrogens with zero attached hydrogens (tertiary/aromatic N) is 1. The van der Waals surface area contributed by atoms with E-state index in [1.165, 1.54) is 16.7 Å². The highest BCUT2D eigenvalue weighted by Gasteiger charge is 2.17. The van der Waals surface area contributed by atoms with Crippen molar-refractivity contribution in [1.82, 2.24) is 4.98 Å². The van der Waals surface area contributed by atoms with E-state index in [9.17, 15) is 0 Å². The predicted octanol–water partition coefficient (Wildman–Crippen LogP) is 4.01. The Bertz CT molecular complexity index is 808. The van der Waals surface area contributed by atoms with E-state index in [4.69, 9.17) is 9.72 Å². The number of ether oxygens (including phenoxy) is 1. The molecule has 0 N–H and O–H groups in total. The Hall–Kier alpha value is -2.35. The molecule has 0 amide bonds. The zero-order chi connectivity index (χ0) is 13.5. The number of pyridine rings is 1. The average Bonchev–Trinajstić information content (AvgIpc) is 2.52. The quantitative estimate of drug-likeness (QED) is 0.660. The van der Waals surface area contributed by atoms with Gasteiger partial charge in [-0.05, 0) is 48.2 Å². The molecule has 2 nitrogen and oxygen atoms in total. The zero-order valence-electron chi connectivity index (χ0n) is 11.4. The molecule has 1 aromatic heterocycles. The van der Waals surface area contributed by atoms with Crippen LogP contribution in [0.15, 0.2) is 48.5 Å². The van der Waals surface area contributed by atoms with E-state index in [0.29, 0.717) is 0 Å². The van der Waals surface area contributed by atoms with Crippen LogP contribution in [0.25, 0.3) is 22.2 Å². The predicted molar refractivity (Wildman–Crippen MR) is 81.1 cm³/mol. The van der Waals surface area contributed by atoms with Gasteiger partial charge in [-0.3, -0.25) is 0 Å². The molecule has 0 unspecified atom stereocenters. The van der Waals surface area contributed by atoms with E-state index in [-0.39, 0.29) is 0 Å². The van der Waals surface area contributed by atoms with E-state index < -0.39 is 0 Å². The van der Waals surface area contributed by atoms with Crippen LogP contribution in [0.3, 0.4) is 0 Å². The molecule has 2 aromatic carbocycles. The first-order valence-electron chi connectivity index (χ1n) is 6.91. The second-order valence-corrected chi connectivity index (χ2v) is 5.21. The molecule has 0 saturated carbocycles. The number of benzene rings is 2. The Morgan fingerprint density at radius 2 is 1.80 bits per heavy atom. The molecule has 4 rings (SSSR count). The van der Waals surface area contributed by atoms with Gasteiger partial charge in [-0.2, -0.15) is 0 Å². The van der Waals surface area contributed by atoms with Crippen LogP contribution in [-0.4, -0.2) is 12.1 Å². The lowest BCUT2D eigenvalue weighted by atomic mass is 9.88. The second-order valence-electron chi connectivity index (χ2n) is 5.21. The molecule has 0 bridgehead atoms. The van der Waals surface area contributed by atoms with E-state index in [2.05, 4.69) is 36.4 Å². The van der Waals surface area contributed by atoms with Crippen molar-refractivity contribution in [3.63, 3.8) is 0 Å². The largest absolute Gasteiger partial charge is 0.497 e. The molecule has 20 heavy (non-hydrogen) atoms. The van der Waals surface area contributed by atoms with Crippen LogP contribution in [0.5, 0.6) is 5.75 Å². The van der Waals surface area contributed by atoms with Gasteiger partial charge in [0.05, 0.1) is 18.3 Å². The maximum atomic E-state index is 5.29. The molecule has 98 valence electrons. The molecule has 1 aliphatic rings. The Labute approximate surface area is 118 Å². The van der Waals surface area contributed by atoms with Gasteiger partial charge in [-0.15, -0.1) is 0 Å². The fourth-order valence-electron chi connectivity index (χ4n) is 2.99. The van der Waals surface area contributed by atoms with Crippen LogP contribution >= 0.6 is 0 Å². The Morgan fingerprint density at radius 1 is 0.950 bits per heavy atom. The van der Waals surface area contributed by atoms with Crippen molar-refractivity contribution in [3.8, 4) is 17.0 Å². The van der Waals surface area contributed by atoms with Crippen molar-refractivity contribution < 1.29 is 4.74 Å². The van der Waals surface area contributed by atoms with Gasteiger partial charge < -0.3 is 4.74 Å². The maximum absolute atomic E-state index is 5.29. The monoisotopic (exact) mass is 261 g/mol. The van der Waals surface area contributed by atoms with Gasteiger partial charge >= 0.3 is 0 Å². The molecule has 0 fully saturated rings. The van der Waals surface area contributed by atoms with Crippen molar-refractivity contribution in [2.45, 2.75) is 12.8 Å². The molecular weight excluding hydrogens is 246 g/mol. The molecule has 2 heteroatoms. The van der Waals surface area contributed by atoms with Gasteiger partial charge in [0.2, 0.25) is 0 Å². The normalized spacial score (nSPS) is 12.8. The number of hydrogen-bond acceptors (Lipinski definition) is 2. The van der Waals surface area contributed by atoms with Gasteiger partial charge in [0.1, 0.15) is 5.75 Å². The summed E-state index contributed by atoms with van der Waals surface area (Å²) in [6, 6.07) is 16.9. The number of rotatable bonds is 1. The van der Waals surface area contributed by atoms with Crippen molar-refractivity contribution in [3.05, 3.63) is 59.7 Å². The highest BCUT2D eigenvalue weighted by atomic mass is 16.5. The summed E-state index contributed by atoms with van der Waals surface area (Å²) in [5.74, 6) is 0.885. The van der Waals surface area contributed by atoms with Gasteiger partial charge in [0, 0.05) is 10.9 Å². The first-order chi connectivity index (χ1) is 9.85. The summed E-state index contributed by atoms with van der Waals surface area (Å²) in [4.78, 5) is 4.88. The first kappa shape index (κ1) is 11.5. The molecule has 0 spiro atoms. The van der Waals surface area contributed by atoms with Gasteiger partial charge in [-0.1, -0.05) is 24.3 Å². The summed E-state index contributed by atoms with van der Waals surface area (Å²) < 4.78 is 5.29. The summed E-state index contributed by atoms with van der Waals surface area (Å²) in [7, 11) is 1.70. The van der Waals surface area contributed by atoms with Crippen LogP contribution in [0.1, 0.15) is 11.1 Å². The van der Waals surface area contributed by atoms with E-state index >= 15 is 0 Å². The molecule has 0 radical (unpaired) electrons. The van der Waals surface area contributed by atoms with Crippen molar-refractivity contribution in [1.29, 1.82) is 0 Å². The van der Waals surface area contributed by atoms with E-state index in [1.54, 1.807) is 7.11 Å². The number of fused-ring (bicyclic) bond motifs is 4. The average molecular weight is 261 g/mol. The lowest BCUT2D eigenvalue weighted by Gasteiger charge is -2.19. The Kier molecular flexibility index (Phi) is 2.49. The summed E-state index contributed by atoms with van der Waals surface area (Å²) in [6.07, 6.45) is 2.16. The fourth-order valence-corrected chi connectivity index (χ4v) is 2.99. The summed E-state index contributed by atoms with van der Waals surface area (Å²) in [5.41, 5.74) is 6.20. The van der Waals surface area contributed by atoms with Crippen LogP contribution < -0.4 is 4.74 Å². The van der Waals surface area contributed by atoms with E-state index in [0.717, 1.165) is 35.2 Å². The summed E-state index contributed by atoms with van der Waals surface area (Å²) in [6.45, 7) is 0. The lowest BCUT2D eigenvalue weighted by molar-refractivity contribution is 0.415. The Morgan fingerprint density at radius 3 is 2.70 bits per heavy atom. The smallest absolute Gasteiger partial charge is 0.119 e. The summed E-state index contributed by atoms with van der Waals surface area (Å²) >= 11 is 0. The number of aromatic nitrogens is 1. The standard InChI is InChI=1S/C18H15NO/c1-20-15-8-9-17-14(11-15)10-13-7-6-12-4-2-3-5-16(12)18(13)19-17/h2-5,8-11H,6-7H2,1H3. The number of methoxy groups -OCH3 is 1. The maximum Gasteiger partial charge on any atom is 0.119 e. The topological polar surface area (TPSA) is 22.1 Å². The van der Waals surface area contributed by atoms with Crippen LogP contribution in [0.4, 0.5) is 0 Å². The molecular formula is C18H15NO. The third-order valence-electron chi connectivity index (χ3n) is 4.04. The van der Waals surface area contributed by atoms with Crippen molar-refractivity contribution in [2.75, 3.05) is 7.11 Å². The van der Waals surface area contributed by atoms with Crippen LogP contribution in [0, 0.1) is 0 Å². The highest BCUT2D eigenvalue weighted by Crippen LogP contribution is 2.34. The van der Waals surface area contributed by atoms with Gasteiger partial charge in [-0.25, -0.2) is 4.98 Å². The van der Waals surface area contributed by atoms with Crippen LogP contribution in [0.2, 0.25) is 0 Å². The zero-order valence-corrected chi connectivity index (χ0v) is 11.4. The molecule has 0 atom stereocenters. The molecule has 3 aromatic rings. The highest BCUT2D eigenvalue weighted by molar-refractivity contribution is 5.85. The minimum Gasteiger partial charge on any atom is -0.497 e. The van der Waals surface area contributed by atoms with Crippen LogP contribution in [-0.2, 0) is 12.8 Å².